The SMILES string of the molecule is CC1CCCN1CCCOc1ccc(N2C(=O)CCC2CNCC2CCCCC2)cc1. The summed E-state index contributed by atoms with van der Waals surface area (Å²) in [6.45, 7) is 7.42. The van der Waals surface area contributed by atoms with Crippen molar-refractivity contribution in [3.63, 3.8) is 0 Å². The topological polar surface area (TPSA) is 44.8 Å². The number of hydrogen-bond acceptors (Lipinski definition) is 4. The monoisotopic (exact) mass is 427 g/mol. The first-order valence-electron chi connectivity index (χ1n) is 12.7. The molecule has 0 spiro atoms. The number of nitrogens with one attached hydrogen (secondary N) is 1. The molecule has 2 saturated heterocycles. The minimum atomic E-state index is 0.248. The van der Waals surface area contributed by atoms with E-state index in [1.165, 1.54) is 51.5 Å². The Morgan fingerprint density at radius 3 is 2.55 bits per heavy atom. The average Bonchev–Trinajstić information content (AvgIpc) is 3.37. The minimum absolute atomic E-state index is 0.248. The lowest BCUT2D eigenvalue weighted by Crippen LogP contribution is -2.41. The van der Waals surface area contributed by atoms with Gasteiger partial charge >= 0.3 is 0 Å². The molecule has 31 heavy (non-hydrogen) atoms. The van der Waals surface area contributed by atoms with E-state index in [4.69, 9.17) is 4.74 Å². The van der Waals surface area contributed by atoms with Crippen molar-refractivity contribution in [2.45, 2.75) is 83.2 Å². The summed E-state index contributed by atoms with van der Waals surface area (Å²) in [5.74, 6) is 1.97. The summed E-state index contributed by atoms with van der Waals surface area (Å²) in [6.07, 6.45) is 12.2. The number of ether oxygens (including phenoxy) is 1. The van der Waals surface area contributed by atoms with E-state index in [1.807, 2.05) is 17.0 Å². The Bertz CT molecular complexity index is 686. The maximum atomic E-state index is 12.6. The van der Waals surface area contributed by atoms with Crippen LogP contribution in [0.3, 0.4) is 0 Å². The van der Waals surface area contributed by atoms with Gasteiger partial charge in [-0.05, 0) is 88.7 Å². The van der Waals surface area contributed by atoms with E-state index in [9.17, 15) is 4.79 Å². The molecule has 0 aromatic heterocycles. The van der Waals surface area contributed by atoms with Crippen LogP contribution in [0.2, 0.25) is 0 Å². The number of anilines is 1. The van der Waals surface area contributed by atoms with Crippen LogP contribution in [-0.2, 0) is 4.79 Å². The van der Waals surface area contributed by atoms with Crippen molar-refractivity contribution in [3.05, 3.63) is 24.3 Å². The van der Waals surface area contributed by atoms with E-state index >= 15 is 0 Å². The van der Waals surface area contributed by atoms with Gasteiger partial charge in [0.05, 0.1) is 6.61 Å². The molecule has 2 atom stereocenters. The maximum Gasteiger partial charge on any atom is 0.227 e. The number of carbonyl (C=O) groups excluding carboxylic acids is 1. The summed E-state index contributed by atoms with van der Waals surface area (Å²) in [4.78, 5) is 17.1. The highest BCUT2D eigenvalue weighted by atomic mass is 16.5. The van der Waals surface area contributed by atoms with Crippen LogP contribution in [0.1, 0.15) is 71.1 Å². The van der Waals surface area contributed by atoms with Gasteiger partial charge < -0.3 is 19.9 Å². The van der Waals surface area contributed by atoms with Crippen LogP contribution in [0.15, 0.2) is 24.3 Å². The molecule has 0 radical (unpaired) electrons. The lowest BCUT2D eigenvalue weighted by atomic mass is 9.89. The zero-order valence-corrected chi connectivity index (χ0v) is 19.4. The van der Waals surface area contributed by atoms with Crippen molar-refractivity contribution in [2.24, 2.45) is 5.92 Å². The number of carbonyl (C=O) groups is 1. The number of benzene rings is 1. The van der Waals surface area contributed by atoms with Crippen molar-refractivity contribution < 1.29 is 9.53 Å². The average molecular weight is 428 g/mol. The molecule has 1 aromatic carbocycles. The first kappa shape index (κ1) is 22.6. The summed E-state index contributed by atoms with van der Waals surface area (Å²) >= 11 is 0. The smallest absolute Gasteiger partial charge is 0.227 e. The number of nitrogens with zero attached hydrogens (tertiary/aromatic N) is 2. The Morgan fingerprint density at radius 1 is 1.00 bits per heavy atom. The van der Waals surface area contributed by atoms with E-state index in [-0.39, 0.29) is 11.9 Å². The fourth-order valence-electron chi connectivity index (χ4n) is 5.62. The first-order chi connectivity index (χ1) is 15.2. The van der Waals surface area contributed by atoms with Crippen LogP contribution in [0.25, 0.3) is 0 Å². The van der Waals surface area contributed by atoms with Gasteiger partial charge in [-0.25, -0.2) is 0 Å². The van der Waals surface area contributed by atoms with Gasteiger partial charge in [-0.1, -0.05) is 19.3 Å². The van der Waals surface area contributed by atoms with E-state index in [0.717, 1.165) is 62.5 Å². The van der Waals surface area contributed by atoms with Crippen molar-refractivity contribution in [1.82, 2.24) is 10.2 Å². The van der Waals surface area contributed by atoms with Crippen LogP contribution in [0, 0.1) is 5.92 Å². The molecule has 172 valence electrons. The Morgan fingerprint density at radius 2 is 1.81 bits per heavy atom. The predicted octanol–water partition coefficient (Wildman–Crippen LogP) is 4.61. The maximum absolute atomic E-state index is 12.6. The highest BCUT2D eigenvalue weighted by Gasteiger charge is 2.32. The van der Waals surface area contributed by atoms with Crippen LogP contribution < -0.4 is 15.0 Å². The Labute approximate surface area is 188 Å². The largest absolute Gasteiger partial charge is 0.494 e. The zero-order chi connectivity index (χ0) is 21.5. The van der Waals surface area contributed by atoms with E-state index in [0.29, 0.717) is 6.42 Å². The summed E-state index contributed by atoms with van der Waals surface area (Å²) < 4.78 is 5.96. The molecule has 1 saturated carbocycles. The van der Waals surface area contributed by atoms with Crippen LogP contribution >= 0.6 is 0 Å². The zero-order valence-electron chi connectivity index (χ0n) is 19.4. The second kappa shape index (κ2) is 11.3. The first-order valence-corrected chi connectivity index (χ1v) is 12.7. The summed E-state index contributed by atoms with van der Waals surface area (Å²) in [6, 6.07) is 9.13. The normalized spacial score (nSPS) is 25.5. The molecule has 4 rings (SSSR count). The summed E-state index contributed by atoms with van der Waals surface area (Å²) in [5, 5.41) is 3.67. The predicted molar refractivity (Wildman–Crippen MR) is 127 cm³/mol. The third kappa shape index (κ3) is 6.23. The second-order valence-corrected chi connectivity index (χ2v) is 9.84. The lowest BCUT2D eigenvalue weighted by molar-refractivity contribution is -0.117. The Kier molecular flexibility index (Phi) is 8.26. The van der Waals surface area contributed by atoms with Gasteiger partial charge in [0, 0.05) is 37.3 Å². The molecule has 5 heteroatoms. The molecular weight excluding hydrogens is 386 g/mol. The molecule has 1 aliphatic carbocycles. The van der Waals surface area contributed by atoms with E-state index in [2.05, 4.69) is 29.3 Å². The van der Waals surface area contributed by atoms with Gasteiger partial charge in [0.2, 0.25) is 5.91 Å². The van der Waals surface area contributed by atoms with E-state index < -0.39 is 0 Å². The van der Waals surface area contributed by atoms with Gasteiger partial charge in [0.25, 0.3) is 0 Å². The Hall–Kier alpha value is -1.59. The number of hydrogen-bond donors (Lipinski definition) is 1. The van der Waals surface area contributed by atoms with Crippen LogP contribution in [0.5, 0.6) is 5.75 Å². The number of amides is 1. The molecule has 1 amide bonds. The molecule has 3 fully saturated rings. The van der Waals surface area contributed by atoms with Gasteiger partial charge in [-0.2, -0.15) is 0 Å². The molecule has 1 aromatic rings. The quantitative estimate of drug-likeness (QED) is 0.554. The molecule has 2 unspecified atom stereocenters. The van der Waals surface area contributed by atoms with E-state index in [1.54, 1.807) is 0 Å². The molecule has 5 nitrogen and oxygen atoms in total. The van der Waals surface area contributed by atoms with Gasteiger partial charge in [-0.3, -0.25) is 4.79 Å². The second-order valence-electron chi connectivity index (χ2n) is 9.84. The molecule has 3 aliphatic rings. The lowest BCUT2D eigenvalue weighted by Gasteiger charge is -2.27. The van der Waals surface area contributed by atoms with Gasteiger partial charge in [0.15, 0.2) is 0 Å². The van der Waals surface area contributed by atoms with Gasteiger partial charge in [0.1, 0.15) is 5.75 Å². The third-order valence-corrected chi connectivity index (χ3v) is 7.53. The molecule has 1 N–H and O–H groups in total. The molecule has 0 bridgehead atoms. The number of likely N-dealkylation sites (tertiary alicyclic amines) is 1. The highest BCUT2D eigenvalue weighted by Crippen LogP contribution is 2.29. The molecule has 2 heterocycles. The molecular formula is C26H41N3O2. The van der Waals surface area contributed by atoms with Crippen molar-refractivity contribution in [3.8, 4) is 5.75 Å². The summed E-state index contributed by atoms with van der Waals surface area (Å²) in [7, 11) is 0. The fraction of sp³-hybridized carbons (Fsp3) is 0.731. The number of rotatable bonds is 10. The Balaban J connectivity index is 1.22. The third-order valence-electron chi connectivity index (χ3n) is 7.53. The fourth-order valence-corrected chi connectivity index (χ4v) is 5.62. The van der Waals surface area contributed by atoms with Crippen molar-refractivity contribution in [2.75, 3.05) is 37.7 Å². The summed E-state index contributed by atoms with van der Waals surface area (Å²) in [5.41, 5.74) is 1.00. The standard InChI is InChI=1S/C26H41N3O2/c1-21-7-5-16-28(21)17-6-18-31-25-13-10-23(11-14-25)29-24(12-15-26(29)30)20-27-19-22-8-3-2-4-9-22/h10-11,13-14,21-22,24,27H,2-9,12,15-20H2,1H3. The molecule has 2 aliphatic heterocycles. The van der Waals surface area contributed by atoms with Crippen LogP contribution in [-0.4, -0.2) is 55.7 Å². The van der Waals surface area contributed by atoms with Crippen molar-refractivity contribution >= 4 is 11.6 Å². The van der Waals surface area contributed by atoms with Gasteiger partial charge in [-0.15, -0.1) is 0 Å². The van der Waals surface area contributed by atoms with Crippen LogP contribution in [0.4, 0.5) is 5.69 Å². The minimum Gasteiger partial charge on any atom is -0.494 e. The van der Waals surface area contributed by atoms with Crippen molar-refractivity contribution in [1.29, 1.82) is 0 Å². The highest BCUT2D eigenvalue weighted by molar-refractivity contribution is 5.96.